The van der Waals surface area contributed by atoms with Crippen LogP contribution in [0.1, 0.15) is 76.1 Å². The fraction of sp³-hybridized carbons (Fsp3) is 0.417. The SMILES string of the molecule is CO[C@H]1/C=C\C=C(/C)C(=O)NC2=CC(=O)C(NCc3cn([C@@H]4O[C@H](COCc5ccccc5)[C@@H](OCc5ccccc5)[C@H](OCc5ccccc5)[C@H]4NC(C)=O)nn3)=C(C[C@@H](C)C[C@H](OC)[C@H](O)[C@@H](C)/C=C(\C)[C@@H]1OC(N)=O)C2=O. The Hall–Kier alpha value is -7.43. The average molecular weight is 1100 g/mol. The standard InChI is InChI=1S/C60H73N7O13/c1-36-26-45-51(47(69)29-46(54(45)71)64-58(72)37(2)18-17-25-48(74-6)55(80-60(61)73)39(4)28-38(3)53(70)49(27-36)75-7)62-30-44-31-67(66-65-44)59-52(63-40(5)68)57(78-34-43-23-15-10-16-24-43)56(77-33-42-21-13-9-14-22-42)50(79-59)35-76-32-41-19-11-8-12-20-41/h8-25,28-29,31,36,38,48-50,52-53,55-57,59,62,70H,26-27,30,32-35H2,1-7H3,(H2,61,73)(H,63,68)(H,64,72)/b25-17-,37-18+,39-28+/t36-,38+,48+,49+,50-,52-,53-,55+,56-,57-,59-/m1/s1. The molecule has 4 aromatic rings. The third-order valence-electron chi connectivity index (χ3n) is 14.1. The summed E-state index contributed by atoms with van der Waals surface area (Å²) in [5.74, 6) is -3.10. The fourth-order valence-electron chi connectivity index (χ4n) is 9.95. The second kappa shape index (κ2) is 29.2. The van der Waals surface area contributed by atoms with E-state index >= 15 is 0 Å². The number of ether oxygens (including phenoxy) is 7. The number of aromatic nitrogens is 3. The number of nitrogens with zero attached hydrogens (tertiary/aromatic N) is 3. The number of hydrogen-bond donors (Lipinski definition) is 5. The molecule has 426 valence electrons. The van der Waals surface area contributed by atoms with Crippen molar-refractivity contribution in [3.8, 4) is 0 Å². The molecule has 20 heteroatoms. The number of allylic oxidation sites excluding steroid dienone is 4. The maximum Gasteiger partial charge on any atom is 0.405 e. The number of amides is 3. The maximum absolute atomic E-state index is 14.6. The highest BCUT2D eigenvalue weighted by molar-refractivity contribution is 6.23. The smallest absolute Gasteiger partial charge is 0.405 e. The van der Waals surface area contributed by atoms with E-state index in [-0.39, 0.29) is 80.2 Å². The van der Waals surface area contributed by atoms with Gasteiger partial charge in [-0.1, -0.05) is 134 Å². The number of methoxy groups -OCH3 is 2. The number of nitrogens with two attached hydrogens (primary N) is 1. The van der Waals surface area contributed by atoms with Gasteiger partial charge in [0.05, 0.1) is 62.8 Å². The molecule has 2 aliphatic heterocycles. The van der Waals surface area contributed by atoms with Gasteiger partial charge in [0.25, 0.3) is 5.91 Å². The Balaban J connectivity index is 1.19. The van der Waals surface area contributed by atoms with Gasteiger partial charge >= 0.3 is 6.09 Å². The first-order chi connectivity index (χ1) is 38.5. The van der Waals surface area contributed by atoms with E-state index in [9.17, 15) is 29.1 Å². The number of aliphatic hydroxyl groups excluding tert-OH is 1. The van der Waals surface area contributed by atoms with E-state index in [1.54, 1.807) is 32.2 Å². The van der Waals surface area contributed by atoms with Gasteiger partial charge in [0.2, 0.25) is 17.5 Å². The van der Waals surface area contributed by atoms with E-state index in [2.05, 4.69) is 26.3 Å². The minimum atomic E-state index is -1.07. The molecule has 2 bridgehead atoms. The van der Waals surface area contributed by atoms with Crippen molar-refractivity contribution in [1.29, 1.82) is 0 Å². The van der Waals surface area contributed by atoms with Gasteiger partial charge in [-0.3, -0.25) is 19.2 Å². The molecule has 6 N–H and O–H groups in total. The number of Topliss-reactive ketones (excluding diaryl/α,β-unsaturated/α-hetero) is 1. The summed E-state index contributed by atoms with van der Waals surface area (Å²) in [6.45, 7) is 8.94. The predicted octanol–water partition coefficient (Wildman–Crippen LogP) is 5.93. The van der Waals surface area contributed by atoms with Gasteiger partial charge in [0.1, 0.15) is 36.2 Å². The zero-order chi connectivity index (χ0) is 57.3. The Kier molecular flexibility index (Phi) is 21.9. The molecule has 3 amide bonds. The number of carbonyl (C=O) groups excluding carboxylic acids is 5. The Labute approximate surface area is 466 Å². The van der Waals surface area contributed by atoms with E-state index < -0.39 is 84.5 Å². The van der Waals surface area contributed by atoms with Gasteiger partial charge in [-0.15, -0.1) is 5.10 Å². The number of benzene rings is 3. The summed E-state index contributed by atoms with van der Waals surface area (Å²) in [6.07, 6.45) is 1.23. The lowest BCUT2D eigenvalue weighted by Crippen LogP contribution is -2.63. The Bertz CT molecular complexity index is 2910. The topological polar surface area (TPSA) is 263 Å². The van der Waals surface area contributed by atoms with Crippen LogP contribution in [0.4, 0.5) is 4.79 Å². The summed E-state index contributed by atoms with van der Waals surface area (Å²) < 4.78 is 45.1. The van der Waals surface area contributed by atoms with Crippen LogP contribution in [-0.4, -0.2) is 119 Å². The molecule has 0 spiro atoms. The minimum Gasteiger partial charge on any atom is -0.439 e. The van der Waals surface area contributed by atoms with Gasteiger partial charge < -0.3 is 59.9 Å². The van der Waals surface area contributed by atoms with Crippen molar-refractivity contribution in [2.24, 2.45) is 17.6 Å². The van der Waals surface area contributed by atoms with Crippen LogP contribution >= 0.6 is 0 Å². The summed E-state index contributed by atoms with van der Waals surface area (Å²) in [6, 6.07) is 28.2. The molecule has 80 heavy (non-hydrogen) atoms. The van der Waals surface area contributed by atoms with Crippen LogP contribution in [0, 0.1) is 11.8 Å². The molecule has 0 radical (unpaired) electrons. The van der Waals surface area contributed by atoms with Gasteiger partial charge in [0.15, 0.2) is 12.3 Å². The highest BCUT2D eigenvalue weighted by atomic mass is 16.6. The second-order valence-electron chi connectivity index (χ2n) is 20.3. The van der Waals surface area contributed by atoms with Crippen molar-refractivity contribution < 1.29 is 62.2 Å². The number of rotatable bonds is 18. The van der Waals surface area contributed by atoms with Crippen LogP contribution in [0.5, 0.6) is 0 Å². The fourth-order valence-corrected chi connectivity index (χ4v) is 9.95. The summed E-state index contributed by atoms with van der Waals surface area (Å²) >= 11 is 0. The number of aliphatic hydroxyl groups is 1. The van der Waals surface area contributed by atoms with Gasteiger partial charge in [0, 0.05) is 44.3 Å². The summed E-state index contributed by atoms with van der Waals surface area (Å²) in [5, 5.41) is 29.5. The minimum absolute atomic E-state index is 0.0171. The van der Waals surface area contributed by atoms with Crippen LogP contribution in [0.15, 0.2) is 156 Å². The number of primary amides is 1. The predicted molar refractivity (Wildman–Crippen MR) is 294 cm³/mol. The van der Waals surface area contributed by atoms with Crippen LogP contribution in [0.2, 0.25) is 0 Å². The number of carbonyl (C=O) groups is 5. The average Bonchev–Trinajstić information content (AvgIpc) is 3.97. The Morgan fingerprint density at radius 2 is 1.50 bits per heavy atom. The normalized spacial score (nSPS) is 27.9. The zero-order valence-electron chi connectivity index (χ0n) is 46.2. The third-order valence-corrected chi connectivity index (χ3v) is 14.1. The first-order valence-corrected chi connectivity index (χ1v) is 26.6. The van der Waals surface area contributed by atoms with Gasteiger partial charge in [-0.05, 0) is 54.9 Å². The van der Waals surface area contributed by atoms with E-state index in [0.29, 0.717) is 11.3 Å². The van der Waals surface area contributed by atoms with Crippen molar-refractivity contribution in [1.82, 2.24) is 30.9 Å². The molecule has 3 aliphatic rings. The van der Waals surface area contributed by atoms with Crippen LogP contribution in [-0.2, 0) is 78.7 Å². The first-order valence-electron chi connectivity index (χ1n) is 26.6. The molecule has 0 saturated carbocycles. The van der Waals surface area contributed by atoms with Crippen molar-refractivity contribution in [3.63, 3.8) is 0 Å². The lowest BCUT2D eigenvalue weighted by molar-refractivity contribution is -0.251. The largest absolute Gasteiger partial charge is 0.439 e. The quantitative estimate of drug-likeness (QED) is 0.0571. The molecule has 20 nitrogen and oxygen atoms in total. The third kappa shape index (κ3) is 16.3. The molecule has 11 atom stereocenters. The van der Waals surface area contributed by atoms with E-state index in [1.807, 2.05) is 97.9 Å². The molecule has 1 saturated heterocycles. The molecule has 3 aromatic carbocycles. The van der Waals surface area contributed by atoms with Crippen LogP contribution in [0.3, 0.4) is 0 Å². The lowest BCUT2D eigenvalue weighted by Gasteiger charge is -2.46. The van der Waals surface area contributed by atoms with Crippen LogP contribution in [0.25, 0.3) is 0 Å². The number of fused-ring (bicyclic) bond motifs is 2. The molecular formula is C60H73N7O13. The molecule has 7 rings (SSSR count). The number of hydrogen-bond acceptors (Lipinski definition) is 16. The second-order valence-corrected chi connectivity index (χ2v) is 20.3. The van der Waals surface area contributed by atoms with Crippen molar-refractivity contribution in [3.05, 3.63) is 178 Å². The lowest BCUT2D eigenvalue weighted by atomic mass is 9.85. The van der Waals surface area contributed by atoms with E-state index in [4.69, 9.17) is 38.9 Å². The Morgan fingerprint density at radius 3 is 2.10 bits per heavy atom. The van der Waals surface area contributed by atoms with Crippen molar-refractivity contribution in [2.45, 2.75) is 129 Å². The summed E-state index contributed by atoms with van der Waals surface area (Å²) in [5.41, 5.74) is 9.13. The Morgan fingerprint density at radius 1 is 0.875 bits per heavy atom. The maximum atomic E-state index is 14.6. The van der Waals surface area contributed by atoms with Crippen molar-refractivity contribution in [2.75, 3.05) is 20.8 Å². The monoisotopic (exact) mass is 1100 g/mol. The molecule has 0 unspecified atom stereocenters. The van der Waals surface area contributed by atoms with E-state index in [1.165, 1.54) is 44.9 Å². The molecular weight excluding hydrogens is 1030 g/mol. The van der Waals surface area contributed by atoms with Crippen LogP contribution < -0.4 is 21.7 Å². The summed E-state index contributed by atoms with van der Waals surface area (Å²) in [7, 11) is 2.89. The molecule has 3 heterocycles. The highest BCUT2D eigenvalue weighted by Gasteiger charge is 2.49. The summed E-state index contributed by atoms with van der Waals surface area (Å²) in [4.78, 5) is 67.6. The zero-order valence-corrected chi connectivity index (χ0v) is 46.2. The number of nitrogens with one attached hydrogen (secondary N) is 3. The molecule has 1 aliphatic carbocycles. The highest BCUT2D eigenvalue weighted by Crippen LogP contribution is 2.34. The molecule has 1 fully saturated rings. The number of ketones is 2. The van der Waals surface area contributed by atoms with Gasteiger partial charge in [-0.25, -0.2) is 9.48 Å². The van der Waals surface area contributed by atoms with Crippen molar-refractivity contribution >= 4 is 29.5 Å². The van der Waals surface area contributed by atoms with E-state index in [0.717, 1.165) is 22.8 Å². The first kappa shape index (κ1) is 60.2. The molecule has 1 aromatic heterocycles. The van der Waals surface area contributed by atoms with Gasteiger partial charge in [-0.2, -0.15) is 0 Å².